The van der Waals surface area contributed by atoms with Crippen LogP contribution in [0.25, 0.3) is 0 Å². The fourth-order valence-corrected chi connectivity index (χ4v) is 2.85. The second kappa shape index (κ2) is 6.86. The summed E-state index contributed by atoms with van der Waals surface area (Å²) in [5.74, 6) is -1.90. The van der Waals surface area contributed by atoms with Crippen LogP contribution >= 0.6 is 0 Å². The quantitative estimate of drug-likeness (QED) is 0.480. The Hall–Kier alpha value is -1.67. The molecule has 4 N–H and O–H groups in total. The number of rotatable bonds is 5. The smallest absolute Gasteiger partial charge is 0.328 e. The van der Waals surface area contributed by atoms with Gasteiger partial charge in [-0.05, 0) is 32.2 Å². The van der Waals surface area contributed by atoms with E-state index in [1.165, 1.54) is 4.90 Å². The maximum absolute atomic E-state index is 12.4. The summed E-state index contributed by atoms with van der Waals surface area (Å²) < 4.78 is 0. The minimum atomic E-state index is -1.33. The fourth-order valence-electron chi connectivity index (χ4n) is 2.85. The van der Waals surface area contributed by atoms with Gasteiger partial charge in [0.1, 0.15) is 12.1 Å². The third-order valence-corrected chi connectivity index (χ3v) is 3.99. The first-order valence-electron chi connectivity index (χ1n) is 7.22. The Labute approximate surface area is 122 Å². The number of aliphatic hydroxyl groups is 1. The van der Waals surface area contributed by atoms with Crippen molar-refractivity contribution >= 4 is 17.8 Å². The van der Waals surface area contributed by atoms with E-state index in [4.69, 9.17) is 10.2 Å². The van der Waals surface area contributed by atoms with E-state index in [9.17, 15) is 14.4 Å². The van der Waals surface area contributed by atoms with Crippen LogP contribution in [0.1, 0.15) is 25.7 Å². The molecule has 0 bridgehead atoms. The highest BCUT2D eigenvalue weighted by Gasteiger charge is 2.38. The van der Waals surface area contributed by atoms with E-state index in [1.54, 1.807) is 0 Å². The van der Waals surface area contributed by atoms with Crippen LogP contribution in [0, 0.1) is 0 Å². The molecule has 8 heteroatoms. The number of carboxylic acids is 1. The lowest BCUT2D eigenvalue weighted by atomic mass is 10.1. The Balaban J connectivity index is 1.98. The van der Waals surface area contributed by atoms with Crippen LogP contribution in [0.4, 0.5) is 0 Å². The van der Waals surface area contributed by atoms with Gasteiger partial charge in [0.05, 0.1) is 12.6 Å². The van der Waals surface area contributed by atoms with Gasteiger partial charge in [-0.1, -0.05) is 0 Å². The molecular formula is C13H21N3O5. The summed E-state index contributed by atoms with van der Waals surface area (Å²) in [6.45, 7) is 0.630. The molecule has 8 nitrogen and oxygen atoms in total. The van der Waals surface area contributed by atoms with E-state index in [0.717, 1.165) is 19.4 Å². The van der Waals surface area contributed by atoms with Crippen molar-refractivity contribution < 1.29 is 24.6 Å². The van der Waals surface area contributed by atoms with Crippen LogP contribution in [0.5, 0.6) is 0 Å². The lowest BCUT2D eigenvalue weighted by molar-refractivity contribution is -0.145. The molecule has 0 aromatic carbocycles. The first-order valence-corrected chi connectivity index (χ1v) is 7.22. The first kappa shape index (κ1) is 15.7. The second-order valence-corrected chi connectivity index (χ2v) is 5.42. The standard InChI is InChI=1S/C13H21N3O5/c17-7-9(13(20)21)15-11(18)10-4-2-6-16(10)12(19)8-3-1-5-14-8/h8-10,14,17H,1-7H2,(H,15,18)(H,20,21). The van der Waals surface area contributed by atoms with Gasteiger partial charge in [0, 0.05) is 6.54 Å². The molecule has 3 unspecified atom stereocenters. The summed E-state index contributed by atoms with van der Waals surface area (Å²) in [6.07, 6.45) is 2.93. The fraction of sp³-hybridized carbons (Fsp3) is 0.769. The molecule has 0 aromatic rings. The van der Waals surface area contributed by atoms with Crippen molar-refractivity contribution in [2.75, 3.05) is 19.7 Å². The van der Waals surface area contributed by atoms with Gasteiger partial charge < -0.3 is 25.7 Å². The molecular weight excluding hydrogens is 278 g/mol. The van der Waals surface area contributed by atoms with Gasteiger partial charge in [0.15, 0.2) is 0 Å². The van der Waals surface area contributed by atoms with Crippen LogP contribution in [-0.4, -0.2) is 70.7 Å². The predicted molar refractivity (Wildman–Crippen MR) is 72.4 cm³/mol. The van der Waals surface area contributed by atoms with Gasteiger partial charge in [-0.15, -0.1) is 0 Å². The summed E-state index contributed by atoms with van der Waals surface area (Å²) in [5, 5.41) is 23.2. The molecule has 2 amide bonds. The number of amides is 2. The topological polar surface area (TPSA) is 119 Å². The average Bonchev–Trinajstić information content (AvgIpc) is 3.13. The third kappa shape index (κ3) is 3.51. The van der Waals surface area contributed by atoms with Crippen LogP contribution in [0.3, 0.4) is 0 Å². The van der Waals surface area contributed by atoms with E-state index in [2.05, 4.69) is 10.6 Å². The molecule has 21 heavy (non-hydrogen) atoms. The summed E-state index contributed by atoms with van der Waals surface area (Å²) in [4.78, 5) is 36.9. The molecule has 0 radical (unpaired) electrons. The molecule has 0 spiro atoms. The molecule has 2 fully saturated rings. The minimum Gasteiger partial charge on any atom is -0.480 e. The van der Waals surface area contributed by atoms with Crippen LogP contribution in [0.2, 0.25) is 0 Å². The van der Waals surface area contributed by atoms with E-state index < -0.39 is 30.6 Å². The Bertz CT molecular complexity index is 422. The molecule has 2 aliphatic rings. The van der Waals surface area contributed by atoms with Crippen molar-refractivity contribution in [3.63, 3.8) is 0 Å². The number of carbonyl (C=O) groups excluding carboxylic acids is 2. The molecule has 2 rings (SSSR count). The van der Waals surface area contributed by atoms with Crippen molar-refractivity contribution in [3.8, 4) is 0 Å². The number of likely N-dealkylation sites (tertiary alicyclic amines) is 1. The third-order valence-electron chi connectivity index (χ3n) is 3.99. The number of hydrogen-bond acceptors (Lipinski definition) is 5. The number of nitrogens with zero attached hydrogens (tertiary/aromatic N) is 1. The lowest BCUT2D eigenvalue weighted by Gasteiger charge is -2.27. The molecule has 0 aromatic heterocycles. The maximum Gasteiger partial charge on any atom is 0.328 e. The number of carboxylic acid groups (broad SMARTS) is 1. The summed E-state index contributed by atoms with van der Waals surface area (Å²) >= 11 is 0. The molecule has 2 saturated heterocycles. The van der Waals surface area contributed by atoms with Gasteiger partial charge >= 0.3 is 5.97 Å². The summed E-state index contributed by atoms with van der Waals surface area (Å²) in [5.41, 5.74) is 0. The molecule has 3 atom stereocenters. The van der Waals surface area contributed by atoms with E-state index >= 15 is 0 Å². The van der Waals surface area contributed by atoms with Gasteiger partial charge in [0.25, 0.3) is 0 Å². The average molecular weight is 299 g/mol. The van der Waals surface area contributed by atoms with Crippen LogP contribution in [0.15, 0.2) is 0 Å². The second-order valence-electron chi connectivity index (χ2n) is 5.42. The Morgan fingerprint density at radius 3 is 2.62 bits per heavy atom. The molecule has 0 aliphatic carbocycles. The molecule has 2 aliphatic heterocycles. The van der Waals surface area contributed by atoms with E-state index in [-0.39, 0.29) is 11.9 Å². The Morgan fingerprint density at radius 2 is 2.05 bits per heavy atom. The summed E-state index contributed by atoms with van der Waals surface area (Å²) in [6, 6.07) is -2.22. The highest BCUT2D eigenvalue weighted by atomic mass is 16.4. The Kier molecular flexibility index (Phi) is 5.13. The van der Waals surface area contributed by atoms with Crippen LogP contribution in [-0.2, 0) is 14.4 Å². The van der Waals surface area contributed by atoms with Crippen LogP contribution < -0.4 is 10.6 Å². The van der Waals surface area contributed by atoms with E-state index in [0.29, 0.717) is 19.4 Å². The largest absolute Gasteiger partial charge is 0.480 e. The zero-order valence-corrected chi connectivity index (χ0v) is 11.7. The summed E-state index contributed by atoms with van der Waals surface area (Å²) in [7, 11) is 0. The zero-order valence-electron chi connectivity index (χ0n) is 11.7. The van der Waals surface area contributed by atoms with Crippen molar-refractivity contribution in [3.05, 3.63) is 0 Å². The number of aliphatic hydroxyl groups excluding tert-OH is 1. The van der Waals surface area contributed by atoms with Crippen molar-refractivity contribution in [2.45, 2.75) is 43.8 Å². The minimum absolute atomic E-state index is 0.0963. The van der Waals surface area contributed by atoms with Crippen molar-refractivity contribution in [1.82, 2.24) is 15.5 Å². The monoisotopic (exact) mass is 299 g/mol. The van der Waals surface area contributed by atoms with Gasteiger partial charge in [-0.2, -0.15) is 0 Å². The van der Waals surface area contributed by atoms with E-state index in [1.807, 2.05) is 0 Å². The SMILES string of the molecule is O=C(O)C(CO)NC(=O)C1CCCN1C(=O)C1CCCN1. The lowest BCUT2D eigenvalue weighted by Crippen LogP contribution is -2.54. The number of carbonyl (C=O) groups is 3. The van der Waals surface area contributed by atoms with Crippen molar-refractivity contribution in [1.29, 1.82) is 0 Å². The molecule has 0 saturated carbocycles. The van der Waals surface area contributed by atoms with Gasteiger partial charge in [-0.3, -0.25) is 9.59 Å². The number of nitrogens with one attached hydrogen (secondary N) is 2. The van der Waals surface area contributed by atoms with Crippen molar-refractivity contribution in [2.24, 2.45) is 0 Å². The number of aliphatic carboxylic acids is 1. The number of hydrogen-bond donors (Lipinski definition) is 4. The molecule has 2 heterocycles. The Morgan fingerprint density at radius 1 is 1.29 bits per heavy atom. The predicted octanol–water partition coefficient (Wildman–Crippen LogP) is -1.71. The van der Waals surface area contributed by atoms with Gasteiger partial charge in [0.2, 0.25) is 11.8 Å². The highest BCUT2D eigenvalue weighted by molar-refractivity contribution is 5.92. The molecule has 118 valence electrons. The highest BCUT2D eigenvalue weighted by Crippen LogP contribution is 2.20. The maximum atomic E-state index is 12.4. The zero-order chi connectivity index (χ0) is 15.4. The van der Waals surface area contributed by atoms with Gasteiger partial charge in [-0.25, -0.2) is 4.79 Å². The first-order chi connectivity index (χ1) is 10.0. The normalized spacial score (nSPS) is 26.6.